The van der Waals surface area contributed by atoms with Crippen LogP contribution in [-0.4, -0.2) is 101 Å². The van der Waals surface area contributed by atoms with Crippen molar-refractivity contribution in [3.8, 4) is 22.8 Å². The molecular weight excluding hydrogens is 666 g/mol. The summed E-state index contributed by atoms with van der Waals surface area (Å²) in [4.78, 5) is 35.3. The number of nitrogen functional groups attached to an aromatic ring is 1. The Labute approximate surface area is 304 Å². The molecule has 0 bridgehead atoms. The molecule has 5 rings (SSSR count). The van der Waals surface area contributed by atoms with Crippen LogP contribution in [0.1, 0.15) is 46.1 Å². The van der Waals surface area contributed by atoms with Crippen LogP contribution >= 0.6 is 0 Å². The van der Waals surface area contributed by atoms with Gasteiger partial charge in [-0.05, 0) is 70.0 Å². The van der Waals surface area contributed by atoms with E-state index >= 15 is 0 Å². The number of anilines is 2. The summed E-state index contributed by atoms with van der Waals surface area (Å²) in [6.45, 7) is 14.4. The van der Waals surface area contributed by atoms with Crippen molar-refractivity contribution < 1.29 is 33.3 Å². The Kier molecular flexibility index (Phi) is 13.7. The Morgan fingerprint density at radius 1 is 0.962 bits per heavy atom. The summed E-state index contributed by atoms with van der Waals surface area (Å²) < 4.78 is 30.1. The molecule has 0 radical (unpaired) electrons. The Morgan fingerprint density at radius 2 is 1.65 bits per heavy atom. The number of benzene rings is 2. The molecular formula is C38H49N7O7. The molecule has 1 aliphatic rings. The molecule has 4 aromatic rings. The maximum atomic E-state index is 12.4. The summed E-state index contributed by atoms with van der Waals surface area (Å²) >= 11 is 0. The molecule has 0 atom stereocenters. The lowest BCUT2D eigenvalue weighted by molar-refractivity contribution is -0.156. The fraction of sp³-hybridized carbons (Fsp3) is 0.447. The maximum absolute atomic E-state index is 12.4. The zero-order valence-electron chi connectivity index (χ0n) is 30.2. The zero-order chi connectivity index (χ0) is 36.9. The molecule has 0 spiro atoms. The van der Waals surface area contributed by atoms with Crippen LogP contribution in [0.15, 0.2) is 67.5 Å². The second kappa shape index (κ2) is 18.6. The molecule has 1 amide bonds. The number of nitrogens with zero attached hydrogens (tertiary/aromatic N) is 5. The van der Waals surface area contributed by atoms with E-state index in [0.717, 1.165) is 38.0 Å². The molecule has 1 aliphatic heterocycles. The fourth-order valence-electron chi connectivity index (χ4n) is 5.79. The molecule has 0 aliphatic carbocycles. The van der Waals surface area contributed by atoms with Gasteiger partial charge in [0, 0.05) is 25.2 Å². The Morgan fingerprint density at radius 3 is 2.35 bits per heavy atom. The van der Waals surface area contributed by atoms with E-state index in [1.807, 2.05) is 67.9 Å². The number of rotatable bonds is 18. The van der Waals surface area contributed by atoms with Gasteiger partial charge in [0.2, 0.25) is 5.91 Å². The van der Waals surface area contributed by atoms with Crippen LogP contribution in [0.25, 0.3) is 22.3 Å². The SMILES string of the molecule is C=CC(=O)Nc1cc(-c2nn(C3CCN(CCOCCOCCOCCC(=O)OC(C)(C)C)CC3)c3ncnc(N)c23)ccc1Oc1ccccc1. The third kappa shape index (κ3) is 11.1. The second-order valence-electron chi connectivity index (χ2n) is 13.3. The van der Waals surface area contributed by atoms with Gasteiger partial charge in [-0.15, -0.1) is 0 Å². The largest absolute Gasteiger partial charge is 0.460 e. The van der Waals surface area contributed by atoms with Gasteiger partial charge in [0.05, 0.1) is 63.2 Å². The van der Waals surface area contributed by atoms with Gasteiger partial charge in [0.1, 0.15) is 29.2 Å². The van der Waals surface area contributed by atoms with Crippen molar-refractivity contribution in [2.45, 2.75) is 51.7 Å². The highest BCUT2D eigenvalue weighted by Crippen LogP contribution is 2.38. The van der Waals surface area contributed by atoms with Crippen molar-refractivity contribution in [3.63, 3.8) is 0 Å². The number of amides is 1. The predicted octanol–water partition coefficient (Wildman–Crippen LogP) is 5.41. The molecule has 278 valence electrons. The number of ether oxygens (including phenoxy) is 5. The number of hydrogen-bond donors (Lipinski definition) is 2. The number of nitrogens with two attached hydrogens (primary N) is 1. The van der Waals surface area contributed by atoms with Crippen molar-refractivity contribution in [2.24, 2.45) is 0 Å². The fourth-order valence-corrected chi connectivity index (χ4v) is 5.79. The molecule has 1 saturated heterocycles. The number of nitrogens with one attached hydrogen (secondary N) is 1. The van der Waals surface area contributed by atoms with Crippen molar-refractivity contribution in [3.05, 3.63) is 67.5 Å². The van der Waals surface area contributed by atoms with Crippen LogP contribution in [-0.2, 0) is 28.5 Å². The summed E-state index contributed by atoms with van der Waals surface area (Å²) in [7, 11) is 0. The molecule has 3 heterocycles. The molecule has 1 fully saturated rings. The quantitative estimate of drug-likeness (QED) is 0.0766. The normalized spacial score (nSPS) is 14.0. The first kappa shape index (κ1) is 38.3. The van der Waals surface area contributed by atoms with Gasteiger partial charge < -0.3 is 39.6 Å². The molecule has 2 aromatic carbocycles. The van der Waals surface area contributed by atoms with Crippen LogP contribution in [0, 0.1) is 0 Å². The summed E-state index contributed by atoms with van der Waals surface area (Å²) in [5.74, 6) is 0.803. The smallest absolute Gasteiger partial charge is 0.308 e. The molecule has 0 saturated carbocycles. The van der Waals surface area contributed by atoms with E-state index in [9.17, 15) is 9.59 Å². The number of hydrogen-bond acceptors (Lipinski definition) is 12. The van der Waals surface area contributed by atoms with Gasteiger partial charge in [-0.25, -0.2) is 14.6 Å². The topological polar surface area (TPSA) is 165 Å². The molecule has 52 heavy (non-hydrogen) atoms. The molecule has 14 nitrogen and oxygen atoms in total. The van der Waals surface area contributed by atoms with Crippen molar-refractivity contribution in [2.75, 3.05) is 70.3 Å². The average molecular weight is 716 g/mol. The molecule has 0 unspecified atom stereocenters. The number of piperidine rings is 1. The van der Waals surface area contributed by atoms with E-state index in [1.54, 1.807) is 6.07 Å². The third-order valence-electron chi connectivity index (χ3n) is 8.25. The summed E-state index contributed by atoms with van der Waals surface area (Å²) in [6, 6.07) is 15.0. The van der Waals surface area contributed by atoms with E-state index in [-0.39, 0.29) is 24.3 Å². The first-order valence-corrected chi connectivity index (χ1v) is 17.6. The lowest BCUT2D eigenvalue weighted by Crippen LogP contribution is -2.37. The number of para-hydroxylation sites is 1. The molecule has 3 N–H and O–H groups in total. The minimum Gasteiger partial charge on any atom is -0.460 e. The van der Waals surface area contributed by atoms with Gasteiger partial charge in [0.15, 0.2) is 11.4 Å². The van der Waals surface area contributed by atoms with Gasteiger partial charge in [-0.2, -0.15) is 5.10 Å². The number of likely N-dealkylation sites (tertiary alicyclic amines) is 1. The minimum atomic E-state index is -0.489. The van der Waals surface area contributed by atoms with Crippen LogP contribution in [0.4, 0.5) is 11.5 Å². The number of fused-ring (bicyclic) bond motifs is 1. The Balaban J connectivity index is 1.11. The Bertz CT molecular complexity index is 1780. The van der Waals surface area contributed by atoms with Crippen molar-refractivity contribution in [1.29, 1.82) is 0 Å². The highest BCUT2D eigenvalue weighted by Gasteiger charge is 2.26. The predicted molar refractivity (Wildman–Crippen MR) is 198 cm³/mol. The van der Waals surface area contributed by atoms with E-state index in [4.69, 9.17) is 34.5 Å². The summed E-state index contributed by atoms with van der Waals surface area (Å²) in [5.41, 5.74) is 8.42. The summed E-state index contributed by atoms with van der Waals surface area (Å²) in [6.07, 6.45) is 4.64. The van der Waals surface area contributed by atoms with Crippen molar-refractivity contribution in [1.82, 2.24) is 24.6 Å². The van der Waals surface area contributed by atoms with Crippen LogP contribution in [0.2, 0.25) is 0 Å². The Hall–Kier alpha value is -4.89. The summed E-state index contributed by atoms with van der Waals surface area (Å²) in [5, 5.41) is 8.56. The number of carbonyl (C=O) groups excluding carboxylic acids is 2. The van der Waals surface area contributed by atoms with Gasteiger partial charge in [-0.3, -0.25) is 9.59 Å². The van der Waals surface area contributed by atoms with Gasteiger partial charge >= 0.3 is 5.97 Å². The first-order chi connectivity index (χ1) is 25.1. The lowest BCUT2D eigenvalue weighted by atomic mass is 10.1. The lowest BCUT2D eigenvalue weighted by Gasteiger charge is -2.32. The average Bonchev–Trinajstić information content (AvgIpc) is 3.52. The zero-order valence-corrected chi connectivity index (χ0v) is 30.2. The van der Waals surface area contributed by atoms with Crippen LogP contribution < -0.4 is 15.8 Å². The minimum absolute atomic E-state index is 0.114. The van der Waals surface area contributed by atoms with Gasteiger partial charge in [0.25, 0.3) is 0 Å². The third-order valence-corrected chi connectivity index (χ3v) is 8.25. The second-order valence-corrected chi connectivity index (χ2v) is 13.3. The standard InChI is InChI=1S/C38H49N7O7/c1-5-32(46)42-30-25-27(11-12-31(30)51-29-9-7-6-8-10-29)35-34-36(39)40-26-41-37(34)45(43-35)28-13-16-44(17-14-28)18-20-49-22-24-50-23-21-48-19-15-33(47)52-38(2,3)4/h5-12,25-26,28H,1,13-24H2,2-4H3,(H,42,46)(H2,39,40,41). The van der Waals surface area contributed by atoms with E-state index < -0.39 is 5.60 Å². The first-order valence-electron chi connectivity index (χ1n) is 17.6. The number of aromatic nitrogens is 4. The number of esters is 1. The highest BCUT2D eigenvalue weighted by molar-refractivity contribution is 6.02. The van der Waals surface area contributed by atoms with E-state index in [2.05, 4.69) is 26.8 Å². The van der Waals surface area contributed by atoms with Crippen LogP contribution in [0.3, 0.4) is 0 Å². The monoisotopic (exact) mass is 715 g/mol. The van der Waals surface area contributed by atoms with E-state index in [0.29, 0.717) is 79.4 Å². The highest BCUT2D eigenvalue weighted by atomic mass is 16.6. The van der Waals surface area contributed by atoms with Gasteiger partial charge in [-0.1, -0.05) is 24.8 Å². The van der Waals surface area contributed by atoms with Crippen LogP contribution in [0.5, 0.6) is 11.5 Å². The van der Waals surface area contributed by atoms with E-state index in [1.165, 1.54) is 12.4 Å². The molecule has 2 aromatic heterocycles. The maximum Gasteiger partial charge on any atom is 0.308 e. The number of carbonyl (C=O) groups is 2. The molecule has 14 heteroatoms. The van der Waals surface area contributed by atoms with Crippen molar-refractivity contribution >= 4 is 34.4 Å².